The number of carbonyl (C=O) groups excluding carboxylic acids is 1. The lowest BCUT2D eigenvalue weighted by Crippen LogP contribution is -2.19. The number of anilines is 1. The fourth-order valence-corrected chi connectivity index (χ4v) is 2.91. The molecular formula is C18H23N3O. The van der Waals surface area contributed by atoms with Gasteiger partial charge in [-0.05, 0) is 54.9 Å². The number of amides is 1. The number of rotatable bonds is 4. The molecule has 0 fully saturated rings. The summed E-state index contributed by atoms with van der Waals surface area (Å²) in [5.41, 5.74) is 4.59. The van der Waals surface area contributed by atoms with E-state index in [9.17, 15) is 4.79 Å². The average Bonchev–Trinajstić information content (AvgIpc) is 2.89. The van der Waals surface area contributed by atoms with Crippen LogP contribution in [0.2, 0.25) is 0 Å². The Hall–Kier alpha value is -2.10. The Morgan fingerprint density at radius 3 is 2.64 bits per heavy atom. The van der Waals surface area contributed by atoms with Crippen molar-refractivity contribution in [3.8, 4) is 0 Å². The monoisotopic (exact) mass is 297 g/mol. The zero-order valence-corrected chi connectivity index (χ0v) is 13.3. The van der Waals surface area contributed by atoms with Crippen molar-refractivity contribution in [2.45, 2.75) is 52.0 Å². The predicted molar refractivity (Wildman–Crippen MR) is 88.0 cm³/mol. The number of fused-ring (bicyclic) bond motifs is 1. The molecule has 1 N–H and O–H groups in total. The lowest BCUT2D eigenvalue weighted by atomic mass is 9.99. The molecule has 0 atom stereocenters. The van der Waals surface area contributed by atoms with Crippen molar-refractivity contribution in [2.75, 3.05) is 5.32 Å². The molecule has 0 saturated carbocycles. The molecular weight excluding hydrogens is 274 g/mol. The summed E-state index contributed by atoms with van der Waals surface area (Å²) in [4.78, 5) is 12.1. The van der Waals surface area contributed by atoms with Gasteiger partial charge < -0.3 is 5.32 Å². The van der Waals surface area contributed by atoms with Crippen molar-refractivity contribution < 1.29 is 4.79 Å². The highest BCUT2D eigenvalue weighted by molar-refractivity contribution is 5.90. The van der Waals surface area contributed by atoms with E-state index < -0.39 is 0 Å². The first-order valence-corrected chi connectivity index (χ1v) is 8.07. The van der Waals surface area contributed by atoms with Gasteiger partial charge in [-0.2, -0.15) is 5.10 Å². The minimum Gasteiger partial charge on any atom is -0.324 e. The molecule has 1 aliphatic carbocycles. The zero-order chi connectivity index (χ0) is 15.5. The maximum atomic E-state index is 12.1. The summed E-state index contributed by atoms with van der Waals surface area (Å²) in [5.74, 6) is 0.470. The van der Waals surface area contributed by atoms with E-state index in [0.717, 1.165) is 18.5 Å². The van der Waals surface area contributed by atoms with Crippen LogP contribution in [0, 0.1) is 0 Å². The van der Waals surface area contributed by atoms with E-state index in [2.05, 4.69) is 36.4 Å². The first-order valence-electron chi connectivity index (χ1n) is 8.07. The smallest absolute Gasteiger partial charge is 0.246 e. The molecule has 1 amide bonds. The third-order valence-corrected chi connectivity index (χ3v) is 4.20. The van der Waals surface area contributed by atoms with Crippen molar-refractivity contribution in [3.63, 3.8) is 0 Å². The van der Waals surface area contributed by atoms with E-state index in [4.69, 9.17) is 0 Å². The van der Waals surface area contributed by atoms with Crippen LogP contribution in [0.3, 0.4) is 0 Å². The van der Waals surface area contributed by atoms with Crippen LogP contribution < -0.4 is 5.32 Å². The molecule has 0 saturated heterocycles. The molecule has 2 aromatic rings. The second kappa shape index (κ2) is 6.34. The van der Waals surface area contributed by atoms with Crippen LogP contribution in [-0.2, 0) is 24.2 Å². The number of hydrogen-bond acceptors (Lipinski definition) is 2. The number of nitrogens with one attached hydrogen (secondary N) is 1. The largest absolute Gasteiger partial charge is 0.324 e. The van der Waals surface area contributed by atoms with Gasteiger partial charge in [-0.1, -0.05) is 26.0 Å². The van der Waals surface area contributed by atoms with Gasteiger partial charge in [0.05, 0.1) is 5.69 Å². The Balaban J connectivity index is 1.61. The number of aromatic nitrogens is 2. The van der Waals surface area contributed by atoms with E-state index in [1.54, 1.807) is 4.68 Å². The summed E-state index contributed by atoms with van der Waals surface area (Å²) in [6.45, 7) is 4.60. The maximum absolute atomic E-state index is 12.1. The highest BCUT2D eigenvalue weighted by Gasteiger charge is 2.14. The summed E-state index contributed by atoms with van der Waals surface area (Å²) in [5, 5.41) is 7.46. The zero-order valence-electron chi connectivity index (χ0n) is 13.3. The number of benzene rings is 1. The number of hydrogen-bond donors (Lipinski definition) is 1. The Labute approximate surface area is 131 Å². The summed E-state index contributed by atoms with van der Waals surface area (Å²) in [6, 6.07) is 8.04. The lowest BCUT2D eigenvalue weighted by Gasteiger charge is -2.08. The van der Waals surface area contributed by atoms with Crippen molar-refractivity contribution in [1.82, 2.24) is 9.78 Å². The topological polar surface area (TPSA) is 46.9 Å². The molecule has 0 radical (unpaired) electrons. The SMILES string of the molecule is CC(C)c1ccc(NC(=O)Cn2cc3c(n2)CCCC3)cc1. The summed E-state index contributed by atoms with van der Waals surface area (Å²) in [6.07, 6.45) is 6.59. The molecule has 116 valence electrons. The Bertz CT molecular complexity index is 632. The van der Waals surface area contributed by atoms with Gasteiger partial charge in [-0.3, -0.25) is 9.48 Å². The van der Waals surface area contributed by atoms with Gasteiger partial charge in [-0.15, -0.1) is 0 Å². The standard InChI is InChI=1S/C18H23N3O/c1-13(2)14-7-9-16(10-8-14)19-18(22)12-21-11-15-5-3-4-6-17(15)20-21/h7-11,13H,3-6,12H2,1-2H3,(H,19,22). The van der Waals surface area contributed by atoms with Crippen molar-refractivity contribution in [1.29, 1.82) is 0 Å². The molecule has 22 heavy (non-hydrogen) atoms. The van der Waals surface area contributed by atoms with Gasteiger partial charge >= 0.3 is 0 Å². The lowest BCUT2D eigenvalue weighted by molar-refractivity contribution is -0.116. The fraction of sp³-hybridized carbons (Fsp3) is 0.444. The highest BCUT2D eigenvalue weighted by Crippen LogP contribution is 2.20. The van der Waals surface area contributed by atoms with Crippen molar-refractivity contribution in [2.24, 2.45) is 0 Å². The average molecular weight is 297 g/mol. The van der Waals surface area contributed by atoms with Gasteiger partial charge in [-0.25, -0.2) is 0 Å². The number of carbonyl (C=O) groups is 1. The predicted octanol–water partition coefficient (Wildman–Crippen LogP) is 3.52. The molecule has 1 aromatic carbocycles. The van der Waals surface area contributed by atoms with E-state index in [-0.39, 0.29) is 12.5 Å². The minimum absolute atomic E-state index is 0.0304. The number of nitrogens with zero attached hydrogens (tertiary/aromatic N) is 2. The molecule has 4 heteroatoms. The molecule has 0 unspecified atom stereocenters. The molecule has 4 nitrogen and oxygen atoms in total. The first-order chi connectivity index (χ1) is 10.6. The molecule has 0 aliphatic heterocycles. The normalized spacial score (nSPS) is 14.0. The Morgan fingerprint density at radius 1 is 1.23 bits per heavy atom. The van der Waals surface area contributed by atoms with Crippen LogP contribution >= 0.6 is 0 Å². The maximum Gasteiger partial charge on any atom is 0.246 e. The van der Waals surface area contributed by atoms with Gasteiger partial charge in [0.25, 0.3) is 0 Å². The second-order valence-electron chi connectivity index (χ2n) is 6.33. The van der Waals surface area contributed by atoms with E-state index in [0.29, 0.717) is 5.92 Å². The minimum atomic E-state index is -0.0304. The van der Waals surface area contributed by atoms with Crippen LogP contribution in [0.5, 0.6) is 0 Å². The number of aryl methyl sites for hydroxylation is 2. The van der Waals surface area contributed by atoms with E-state index in [1.807, 2.05) is 18.3 Å². The van der Waals surface area contributed by atoms with Crippen molar-refractivity contribution >= 4 is 11.6 Å². The summed E-state index contributed by atoms with van der Waals surface area (Å²) < 4.78 is 1.77. The highest BCUT2D eigenvalue weighted by atomic mass is 16.2. The molecule has 0 spiro atoms. The fourth-order valence-electron chi connectivity index (χ4n) is 2.91. The Kier molecular flexibility index (Phi) is 4.27. The molecule has 3 rings (SSSR count). The van der Waals surface area contributed by atoms with Gasteiger partial charge in [0.1, 0.15) is 6.54 Å². The van der Waals surface area contributed by atoms with Crippen LogP contribution in [0.25, 0.3) is 0 Å². The van der Waals surface area contributed by atoms with Crippen LogP contribution in [0.1, 0.15) is 49.4 Å². The van der Waals surface area contributed by atoms with E-state index >= 15 is 0 Å². The molecule has 0 bridgehead atoms. The first kappa shape index (κ1) is 14.8. The third-order valence-electron chi connectivity index (χ3n) is 4.20. The molecule has 1 aliphatic rings. The van der Waals surface area contributed by atoms with Crippen LogP contribution in [0.4, 0.5) is 5.69 Å². The van der Waals surface area contributed by atoms with Crippen LogP contribution in [-0.4, -0.2) is 15.7 Å². The quantitative estimate of drug-likeness (QED) is 0.938. The summed E-state index contributed by atoms with van der Waals surface area (Å²) in [7, 11) is 0. The van der Waals surface area contributed by atoms with Crippen molar-refractivity contribution in [3.05, 3.63) is 47.3 Å². The second-order valence-corrected chi connectivity index (χ2v) is 6.33. The van der Waals surface area contributed by atoms with Gasteiger partial charge in [0.2, 0.25) is 5.91 Å². The van der Waals surface area contributed by atoms with Gasteiger partial charge in [0.15, 0.2) is 0 Å². The summed E-state index contributed by atoms with van der Waals surface area (Å²) >= 11 is 0. The molecule has 1 heterocycles. The van der Waals surface area contributed by atoms with Crippen LogP contribution in [0.15, 0.2) is 30.5 Å². The molecule has 1 aromatic heterocycles. The third kappa shape index (κ3) is 3.38. The van der Waals surface area contributed by atoms with E-state index in [1.165, 1.54) is 29.7 Å². The Morgan fingerprint density at radius 2 is 1.95 bits per heavy atom. The van der Waals surface area contributed by atoms with Gasteiger partial charge in [0, 0.05) is 11.9 Å².